The summed E-state index contributed by atoms with van der Waals surface area (Å²) in [4.78, 5) is 25.6. The van der Waals surface area contributed by atoms with E-state index in [4.69, 9.17) is 16.3 Å². The largest absolute Gasteiger partial charge is 0.481 e. The van der Waals surface area contributed by atoms with Gasteiger partial charge in [0.1, 0.15) is 5.75 Å². The number of rotatable bonds is 7. The number of hydrogen-bond donors (Lipinski definition) is 1. The van der Waals surface area contributed by atoms with Crippen molar-refractivity contribution in [2.24, 2.45) is 0 Å². The van der Waals surface area contributed by atoms with E-state index in [1.165, 1.54) is 0 Å². The molecule has 0 aliphatic heterocycles. The second kappa shape index (κ2) is 9.20. The first-order valence-corrected chi connectivity index (χ1v) is 9.38. The van der Waals surface area contributed by atoms with Crippen molar-refractivity contribution >= 4 is 29.0 Å². The summed E-state index contributed by atoms with van der Waals surface area (Å²) < 4.78 is 5.78. The van der Waals surface area contributed by atoms with E-state index in [2.05, 4.69) is 5.32 Å². The standard InChI is InChI=1S/C23H20ClNO3/c1-2-21(28-18-14-12-17(24)13-15-18)23(27)25-20-11-7-6-10-19(20)22(26)16-8-4-3-5-9-16/h3-15,21H,2H2,1H3,(H,25,27)/t21-/m0/s1. The molecule has 1 amide bonds. The van der Waals surface area contributed by atoms with Gasteiger partial charge in [0.15, 0.2) is 11.9 Å². The summed E-state index contributed by atoms with van der Waals surface area (Å²) in [7, 11) is 0. The minimum atomic E-state index is -0.693. The van der Waals surface area contributed by atoms with Gasteiger partial charge in [-0.1, -0.05) is 61.0 Å². The first-order chi connectivity index (χ1) is 13.6. The molecule has 0 saturated heterocycles. The molecule has 0 unspecified atom stereocenters. The van der Waals surface area contributed by atoms with Gasteiger partial charge in [-0.2, -0.15) is 0 Å². The van der Waals surface area contributed by atoms with Gasteiger partial charge < -0.3 is 10.1 Å². The van der Waals surface area contributed by atoms with E-state index in [0.717, 1.165) is 0 Å². The molecule has 142 valence electrons. The Balaban J connectivity index is 1.78. The van der Waals surface area contributed by atoms with E-state index in [0.29, 0.717) is 34.0 Å². The smallest absolute Gasteiger partial charge is 0.265 e. The maximum Gasteiger partial charge on any atom is 0.265 e. The molecule has 0 saturated carbocycles. The average molecular weight is 394 g/mol. The van der Waals surface area contributed by atoms with Gasteiger partial charge in [0.05, 0.1) is 5.69 Å². The zero-order valence-electron chi connectivity index (χ0n) is 15.4. The van der Waals surface area contributed by atoms with Gasteiger partial charge in [-0.3, -0.25) is 9.59 Å². The number of benzene rings is 3. The first-order valence-electron chi connectivity index (χ1n) is 9.00. The Hall–Kier alpha value is -3.11. The molecule has 0 fully saturated rings. The van der Waals surface area contributed by atoms with Gasteiger partial charge in [-0.15, -0.1) is 0 Å². The third-order valence-corrected chi connectivity index (χ3v) is 4.47. The zero-order valence-corrected chi connectivity index (χ0v) is 16.1. The van der Waals surface area contributed by atoms with Crippen molar-refractivity contribution in [3.63, 3.8) is 0 Å². The van der Waals surface area contributed by atoms with E-state index in [1.807, 2.05) is 25.1 Å². The summed E-state index contributed by atoms with van der Waals surface area (Å²) in [5.74, 6) is 0.0916. The van der Waals surface area contributed by atoms with Crippen LogP contribution < -0.4 is 10.1 Å². The van der Waals surface area contributed by atoms with E-state index in [9.17, 15) is 9.59 Å². The molecule has 28 heavy (non-hydrogen) atoms. The number of hydrogen-bond acceptors (Lipinski definition) is 3. The molecule has 4 nitrogen and oxygen atoms in total. The Morgan fingerprint density at radius 1 is 0.929 bits per heavy atom. The number of carbonyl (C=O) groups excluding carboxylic acids is 2. The van der Waals surface area contributed by atoms with Crippen LogP contribution in [0, 0.1) is 0 Å². The summed E-state index contributed by atoms with van der Waals surface area (Å²) in [5, 5.41) is 3.43. The second-order valence-corrected chi connectivity index (χ2v) is 6.64. The number of para-hydroxylation sites is 1. The molecule has 0 bridgehead atoms. The Morgan fingerprint density at radius 2 is 1.57 bits per heavy atom. The van der Waals surface area contributed by atoms with Crippen molar-refractivity contribution in [3.8, 4) is 5.75 Å². The van der Waals surface area contributed by atoms with Crippen molar-refractivity contribution in [3.05, 3.63) is 95.0 Å². The van der Waals surface area contributed by atoms with Crippen molar-refractivity contribution in [2.75, 3.05) is 5.32 Å². The normalized spacial score (nSPS) is 11.5. The number of carbonyl (C=O) groups is 2. The van der Waals surface area contributed by atoms with Gasteiger partial charge >= 0.3 is 0 Å². The van der Waals surface area contributed by atoms with Crippen molar-refractivity contribution < 1.29 is 14.3 Å². The van der Waals surface area contributed by atoms with Crippen molar-refractivity contribution in [2.45, 2.75) is 19.4 Å². The highest BCUT2D eigenvalue weighted by Crippen LogP contribution is 2.21. The highest BCUT2D eigenvalue weighted by atomic mass is 35.5. The van der Waals surface area contributed by atoms with E-state index < -0.39 is 6.10 Å². The Bertz CT molecular complexity index is 955. The first kappa shape index (κ1) is 19.6. The monoisotopic (exact) mass is 393 g/mol. The lowest BCUT2D eigenvalue weighted by molar-refractivity contribution is -0.122. The molecule has 3 aromatic rings. The molecule has 0 aliphatic rings. The number of amides is 1. The van der Waals surface area contributed by atoms with Crippen LogP contribution in [-0.2, 0) is 4.79 Å². The summed E-state index contributed by atoms with van der Waals surface area (Å²) >= 11 is 5.88. The van der Waals surface area contributed by atoms with E-state index >= 15 is 0 Å². The number of anilines is 1. The molecule has 1 N–H and O–H groups in total. The zero-order chi connectivity index (χ0) is 19.9. The minimum absolute atomic E-state index is 0.150. The molecule has 0 spiro atoms. The molecule has 3 aromatic carbocycles. The number of nitrogens with one attached hydrogen (secondary N) is 1. The van der Waals surface area contributed by atoms with E-state index in [-0.39, 0.29) is 11.7 Å². The van der Waals surface area contributed by atoms with Gasteiger partial charge in [0.2, 0.25) is 0 Å². The van der Waals surface area contributed by atoms with Gasteiger partial charge in [-0.25, -0.2) is 0 Å². The van der Waals surface area contributed by atoms with Crippen LogP contribution in [-0.4, -0.2) is 17.8 Å². The molecule has 0 radical (unpaired) electrons. The van der Waals surface area contributed by atoms with Crippen LogP contribution in [0.1, 0.15) is 29.3 Å². The fraction of sp³-hybridized carbons (Fsp3) is 0.130. The number of halogens is 1. The molecule has 1 atom stereocenters. The maximum atomic E-state index is 12.8. The van der Waals surface area contributed by atoms with Crippen LogP contribution in [0.3, 0.4) is 0 Å². The Kier molecular flexibility index (Phi) is 6.45. The lowest BCUT2D eigenvalue weighted by atomic mass is 10.0. The highest BCUT2D eigenvalue weighted by Gasteiger charge is 2.21. The summed E-state index contributed by atoms with van der Waals surface area (Å²) in [6.07, 6.45) is -0.218. The number of ether oxygens (including phenoxy) is 1. The van der Waals surface area contributed by atoms with Crippen LogP contribution >= 0.6 is 11.6 Å². The van der Waals surface area contributed by atoms with Gasteiger partial charge in [0, 0.05) is 16.1 Å². The summed E-state index contributed by atoms with van der Waals surface area (Å²) in [6.45, 7) is 1.86. The Morgan fingerprint density at radius 3 is 2.25 bits per heavy atom. The van der Waals surface area contributed by atoms with Crippen LogP contribution in [0.2, 0.25) is 5.02 Å². The lowest BCUT2D eigenvalue weighted by Crippen LogP contribution is -2.32. The highest BCUT2D eigenvalue weighted by molar-refractivity contribution is 6.30. The maximum absolute atomic E-state index is 12.8. The topological polar surface area (TPSA) is 55.4 Å². The van der Waals surface area contributed by atoms with Gasteiger partial charge in [0.25, 0.3) is 5.91 Å². The fourth-order valence-corrected chi connectivity index (χ4v) is 2.87. The number of ketones is 1. The predicted molar refractivity (Wildman–Crippen MR) is 111 cm³/mol. The average Bonchev–Trinajstić information content (AvgIpc) is 2.73. The fourth-order valence-electron chi connectivity index (χ4n) is 2.75. The summed E-state index contributed by atoms with van der Waals surface area (Å²) in [6, 6.07) is 22.8. The quantitative estimate of drug-likeness (QED) is 0.549. The molecular formula is C23H20ClNO3. The summed E-state index contributed by atoms with van der Waals surface area (Å²) in [5.41, 5.74) is 1.46. The van der Waals surface area contributed by atoms with Crippen LogP contribution in [0.25, 0.3) is 0 Å². The SMILES string of the molecule is CC[C@H](Oc1ccc(Cl)cc1)C(=O)Nc1ccccc1C(=O)c1ccccc1. The predicted octanol–water partition coefficient (Wildman–Crippen LogP) is 5.37. The molecule has 0 heterocycles. The molecule has 0 aromatic heterocycles. The molecule has 3 rings (SSSR count). The van der Waals surface area contributed by atoms with Crippen LogP contribution in [0.15, 0.2) is 78.9 Å². The van der Waals surface area contributed by atoms with Crippen LogP contribution in [0.4, 0.5) is 5.69 Å². The van der Waals surface area contributed by atoms with Gasteiger partial charge in [-0.05, 0) is 42.8 Å². The minimum Gasteiger partial charge on any atom is -0.481 e. The van der Waals surface area contributed by atoms with Crippen LogP contribution in [0.5, 0.6) is 5.75 Å². The molecule has 0 aliphatic carbocycles. The second-order valence-electron chi connectivity index (χ2n) is 6.20. The third kappa shape index (κ3) is 4.78. The lowest BCUT2D eigenvalue weighted by Gasteiger charge is -2.18. The Labute approximate surface area is 169 Å². The molecule has 5 heteroatoms. The van der Waals surface area contributed by atoms with Crippen molar-refractivity contribution in [1.82, 2.24) is 0 Å². The third-order valence-electron chi connectivity index (χ3n) is 4.22. The molecular weight excluding hydrogens is 374 g/mol. The van der Waals surface area contributed by atoms with E-state index in [1.54, 1.807) is 60.7 Å². The van der Waals surface area contributed by atoms with Crippen molar-refractivity contribution in [1.29, 1.82) is 0 Å².